The molecule has 0 heterocycles. The maximum Gasteiger partial charge on any atom is 0.417 e. The maximum atomic E-state index is 13.7. The number of non-ortho nitro benzene ring substituents is 1. The van der Waals surface area contributed by atoms with E-state index in [0.29, 0.717) is 6.07 Å². The molecule has 0 aliphatic heterocycles. The first-order valence-electron chi connectivity index (χ1n) is 5.84. The van der Waals surface area contributed by atoms with Crippen molar-refractivity contribution in [1.29, 1.82) is 0 Å². The number of nitro groups is 1. The van der Waals surface area contributed by atoms with Gasteiger partial charge in [0.2, 0.25) is 5.82 Å². The Morgan fingerprint density at radius 1 is 0.833 bits per heavy atom. The highest BCUT2D eigenvalue weighted by Gasteiger charge is 2.38. The number of hydrogen-bond donors (Lipinski definition) is 0. The largest absolute Gasteiger partial charge is 0.417 e. The van der Waals surface area contributed by atoms with Crippen molar-refractivity contribution < 1.29 is 40.0 Å². The van der Waals surface area contributed by atoms with Crippen LogP contribution in [0.25, 0.3) is 11.1 Å². The number of rotatable bonds is 2. The van der Waals surface area contributed by atoms with Crippen LogP contribution in [-0.2, 0) is 6.18 Å². The van der Waals surface area contributed by atoms with Crippen LogP contribution in [0, 0.1) is 39.2 Å². The highest BCUT2D eigenvalue weighted by atomic mass is 19.4. The Labute approximate surface area is 127 Å². The summed E-state index contributed by atoms with van der Waals surface area (Å²) < 4.78 is 106. The van der Waals surface area contributed by atoms with E-state index in [-0.39, 0.29) is 12.1 Å². The summed E-state index contributed by atoms with van der Waals surface area (Å²) in [5.74, 6) is -12.4. The highest BCUT2D eigenvalue weighted by Crippen LogP contribution is 2.41. The number of hydrogen-bond acceptors (Lipinski definition) is 2. The van der Waals surface area contributed by atoms with Crippen molar-refractivity contribution >= 4 is 5.69 Å². The van der Waals surface area contributed by atoms with Gasteiger partial charge in [0.05, 0.1) is 16.1 Å². The van der Waals surface area contributed by atoms with Crippen LogP contribution in [0.2, 0.25) is 0 Å². The summed E-state index contributed by atoms with van der Waals surface area (Å²) in [4.78, 5) is 9.32. The van der Waals surface area contributed by atoms with Crippen molar-refractivity contribution in [3.05, 3.63) is 63.0 Å². The van der Waals surface area contributed by atoms with Gasteiger partial charge in [0.15, 0.2) is 23.3 Å². The Balaban J connectivity index is 2.91. The van der Waals surface area contributed by atoms with E-state index in [0.717, 1.165) is 0 Å². The molecule has 0 amide bonds. The molecule has 0 fully saturated rings. The lowest BCUT2D eigenvalue weighted by atomic mass is 9.97. The molecule has 0 aliphatic rings. The monoisotopic (exact) mass is 357 g/mol. The van der Waals surface area contributed by atoms with E-state index < -0.39 is 62.6 Å². The van der Waals surface area contributed by atoms with E-state index in [1.807, 2.05) is 0 Å². The fraction of sp³-hybridized carbons (Fsp3) is 0.0769. The van der Waals surface area contributed by atoms with E-state index in [1.54, 1.807) is 0 Å². The molecule has 0 radical (unpaired) electrons. The van der Waals surface area contributed by atoms with Crippen LogP contribution in [-0.4, -0.2) is 4.92 Å². The molecule has 128 valence electrons. The van der Waals surface area contributed by atoms with Gasteiger partial charge in [-0.05, 0) is 6.07 Å². The quantitative estimate of drug-likeness (QED) is 0.250. The topological polar surface area (TPSA) is 43.1 Å². The first-order valence-corrected chi connectivity index (χ1v) is 5.84. The zero-order chi connectivity index (χ0) is 18.4. The number of alkyl halides is 3. The summed E-state index contributed by atoms with van der Waals surface area (Å²) in [7, 11) is 0. The van der Waals surface area contributed by atoms with Crippen LogP contribution in [0.1, 0.15) is 5.56 Å². The van der Waals surface area contributed by atoms with Crippen LogP contribution >= 0.6 is 0 Å². The Kier molecular flexibility index (Phi) is 4.21. The molecular formula is C13H3F8NO2. The minimum Gasteiger partial charge on any atom is -0.258 e. The second-order valence-electron chi connectivity index (χ2n) is 4.43. The second-order valence-corrected chi connectivity index (χ2v) is 4.43. The molecule has 24 heavy (non-hydrogen) atoms. The molecule has 2 aromatic carbocycles. The van der Waals surface area contributed by atoms with E-state index in [2.05, 4.69) is 0 Å². The molecule has 0 atom stereocenters. The summed E-state index contributed by atoms with van der Waals surface area (Å²) in [6.07, 6.45) is -5.35. The van der Waals surface area contributed by atoms with Gasteiger partial charge in [-0.25, -0.2) is 22.0 Å². The summed E-state index contributed by atoms with van der Waals surface area (Å²) >= 11 is 0. The first kappa shape index (κ1) is 17.6. The number of nitro benzene ring substituents is 1. The molecule has 2 rings (SSSR count). The van der Waals surface area contributed by atoms with E-state index in [1.165, 1.54) is 0 Å². The van der Waals surface area contributed by atoms with Crippen molar-refractivity contribution in [2.24, 2.45) is 0 Å². The number of nitrogens with zero attached hydrogens (tertiary/aromatic N) is 1. The lowest BCUT2D eigenvalue weighted by molar-refractivity contribution is -0.385. The van der Waals surface area contributed by atoms with Crippen LogP contribution in [0.15, 0.2) is 18.2 Å². The molecule has 3 nitrogen and oxygen atoms in total. The van der Waals surface area contributed by atoms with Crippen molar-refractivity contribution in [3.8, 4) is 11.1 Å². The Morgan fingerprint density at radius 3 is 1.71 bits per heavy atom. The third-order valence-electron chi connectivity index (χ3n) is 3.00. The normalized spacial score (nSPS) is 11.7. The summed E-state index contributed by atoms with van der Waals surface area (Å²) in [5.41, 5.74) is -6.23. The fourth-order valence-electron chi connectivity index (χ4n) is 1.94. The van der Waals surface area contributed by atoms with Gasteiger partial charge in [0.25, 0.3) is 5.69 Å². The van der Waals surface area contributed by atoms with Crippen LogP contribution in [0.3, 0.4) is 0 Å². The van der Waals surface area contributed by atoms with Gasteiger partial charge in [-0.2, -0.15) is 13.2 Å². The highest BCUT2D eigenvalue weighted by molar-refractivity contribution is 5.71. The van der Waals surface area contributed by atoms with Crippen LogP contribution < -0.4 is 0 Å². The minimum absolute atomic E-state index is 0.0621. The van der Waals surface area contributed by atoms with Gasteiger partial charge in [0, 0.05) is 17.7 Å². The van der Waals surface area contributed by atoms with Crippen molar-refractivity contribution in [2.45, 2.75) is 6.18 Å². The Bertz CT molecular complexity index is 818. The van der Waals surface area contributed by atoms with Gasteiger partial charge in [-0.3, -0.25) is 10.1 Å². The summed E-state index contributed by atoms with van der Waals surface area (Å²) in [6, 6.07) is 0.648. The molecular weight excluding hydrogens is 354 g/mol. The maximum absolute atomic E-state index is 13.7. The number of benzene rings is 2. The van der Waals surface area contributed by atoms with Gasteiger partial charge < -0.3 is 0 Å². The van der Waals surface area contributed by atoms with Gasteiger partial charge in [-0.1, -0.05) is 0 Å². The predicted octanol–water partition coefficient (Wildman–Crippen LogP) is 4.98. The standard InChI is InChI=1S/C13H3F8NO2/c14-8-7(9(15)11(17)12(18)10(8)16)5-2-1-4(22(23)24)3-6(5)13(19,20)21/h1-3H. The average molecular weight is 357 g/mol. The number of halogens is 8. The molecule has 0 saturated heterocycles. The Morgan fingerprint density at radius 2 is 1.29 bits per heavy atom. The lowest BCUT2D eigenvalue weighted by Gasteiger charge is -2.15. The zero-order valence-electron chi connectivity index (χ0n) is 11.0. The predicted molar refractivity (Wildman–Crippen MR) is 63.3 cm³/mol. The molecule has 2 aromatic rings. The van der Waals surface area contributed by atoms with Crippen LogP contribution in [0.4, 0.5) is 40.8 Å². The summed E-state index contributed by atoms with van der Waals surface area (Å²) in [6.45, 7) is 0. The first-order chi connectivity index (χ1) is 11.0. The second kappa shape index (κ2) is 5.73. The van der Waals surface area contributed by atoms with Crippen molar-refractivity contribution in [3.63, 3.8) is 0 Å². The lowest BCUT2D eigenvalue weighted by Crippen LogP contribution is -2.11. The SMILES string of the molecule is O=[N+]([O-])c1ccc(-c2c(F)c(F)c(F)c(F)c2F)c(C(F)(F)F)c1. The molecule has 11 heteroatoms. The smallest absolute Gasteiger partial charge is 0.258 e. The average Bonchev–Trinajstić information content (AvgIpc) is 2.50. The molecule has 0 N–H and O–H groups in total. The molecule has 0 spiro atoms. The fourth-order valence-corrected chi connectivity index (χ4v) is 1.94. The molecule has 0 saturated carbocycles. The van der Waals surface area contributed by atoms with E-state index in [4.69, 9.17) is 0 Å². The Hall–Kier alpha value is -2.72. The molecule has 0 aromatic heterocycles. The van der Waals surface area contributed by atoms with Gasteiger partial charge >= 0.3 is 6.18 Å². The van der Waals surface area contributed by atoms with Gasteiger partial charge in [0.1, 0.15) is 0 Å². The molecule has 0 unspecified atom stereocenters. The third-order valence-corrected chi connectivity index (χ3v) is 3.00. The molecule has 0 aliphatic carbocycles. The van der Waals surface area contributed by atoms with E-state index >= 15 is 0 Å². The zero-order valence-corrected chi connectivity index (χ0v) is 11.0. The third kappa shape index (κ3) is 2.76. The van der Waals surface area contributed by atoms with Crippen molar-refractivity contribution in [1.82, 2.24) is 0 Å². The van der Waals surface area contributed by atoms with Gasteiger partial charge in [-0.15, -0.1) is 0 Å². The van der Waals surface area contributed by atoms with Crippen molar-refractivity contribution in [2.75, 3.05) is 0 Å². The van der Waals surface area contributed by atoms with Crippen LogP contribution in [0.5, 0.6) is 0 Å². The summed E-state index contributed by atoms with van der Waals surface area (Å²) in [5, 5.41) is 10.5. The van der Waals surface area contributed by atoms with E-state index in [9.17, 15) is 45.2 Å². The minimum atomic E-state index is -5.35. The molecule has 0 bridgehead atoms.